The molecule has 1 amide bonds. The lowest BCUT2D eigenvalue weighted by atomic mass is 10.1. The van der Waals surface area contributed by atoms with Gasteiger partial charge in [0.2, 0.25) is 0 Å². The third kappa shape index (κ3) is 1.21. The lowest BCUT2D eigenvalue weighted by Gasteiger charge is -2.13. The summed E-state index contributed by atoms with van der Waals surface area (Å²) in [5.74, 6) is 0.00287. The Bertz CT molecular complexity index is 360. The van der Waals surface area contributed by atoms with Crippen LogP contribution in [0.1, 0.15) is 11.1 Å². The topological polar surface area (TPSA) is 29.5 Å². The van der Waals surface area contributed by atoms with Gasteiger partial charge in [0.1, 0.15) is 0 Å². The molecule has 68 valence electrons. The van der Waals surface area contributed by atoms with Gasteiger partial charge in [-0.15, -0.1) is 0 Å². The van der Waals surface area contributed by atoms with E-state index in [2.05, 4.69) is 0 Å². The van der Waals surface area contributed by atoms with Gasteiger partial charge in [-0.2, -0.15) is 5.06 Å². The molecule has 1 aromatic rings. The second-order valence-electron chi connectivity index (χ2n) is 3.18. The van der Waals surface area contributed by atoms with E-state index in [4.69, 9.17) is 4.84 Å². The molecule has 0 atom stereocenters. The molecule has 0 spiro atoms. The Labute approximate surface area is 76.9 Å². The van der Waals surface area contributed by atoms with Gasteiger partial charge in [-0.05, 0) is 24.1 Å². The fourth-order valence-electron chi connectivity index (χ4n) is 1.58. The van der Waals surface area contributed by atoms with Crippen LogP contribution in [0.2, 0.25) is 0 Å². The zero-order chi connectivity index (χ0) is 9.42. The van der Waals surface area contributed by atoms with Crippen molar-refractivity contribution in [1.29, 1.82) is 0 Å². The molecule has 1 aromatic carbocycles. The molecule has 0 fully saturated rings. The highest BCUT2D eigenvalue weighted by molar-refractivity contribution is 5.99. The Morgan fingerprint density at radius 3 is 2.92 bits per heavy atom. The molecule has 2 rings (SSSR count). The first-order valence-electron chi connectivity index (χ1n) is 4.19. The standard InChI is InChI=1S/C10H11NO2/c1-7-3-4-8-6-10(12)11(13-2)9(8)5-7/h3-5H,6H2,1-2H3. The quantitative estimate of drug-likeness (QED) is 0.649. The average Bonchev–Trinajstić information content (AvgIpc) is 2.40. The van der Waals surface area contributed by atoms with Gasteiger partial charge in [-0.25, -0.2) is 0 Å². The highest BCUT2D eigenvalue weighted by atomic mass is 16.7. The van der Waals surface area contributed by atoms with E-state index < -0.39 is 0 Å². The molecule has 0 aromatic heterocycles. The van der Waals surface area contributed by atoms with Gasteiger partial charge in [-0.1, -0.05) is 12.1 Å². The summed E-state index contributed by atoms with van der Waals surface area (Å²) in [5, 5.41) is 1.35. The van der Waals surface area contributed by atoms with Gasteiger partial charge in [0.25, 0.3) is 5.91 Å². The van der Waals surface area contributed by atoms with E-state index in [-0.39, 0.29) is 5.91 Å². The second kappa shape index (κ2) is 2.85. The molecule has 0 unspecified atom stereocenters. The number of benzene rings is 1. The van der Waals surface area contributed by atoms with E-state index in [0.29, 0.717) is 6.42 Å². The van der Waals surface area contributed by atoms with Crippen LogP contribution in [0.5, 0.6) is 0 Å². The van der Waals surface area contributed by atoms with Gasteiger partial charge in [0.15, 0.2) is 0 Å². The van der Waals surface area contributed by atoms with E-state index in [9.17, 15) is 4.79 Å². The number of hydrogen-bond acceptors (Lipinski definition) is 2. The third-order valence-corrected chi connectivity index (χ3v) is 2.21. The van der Waals surface area contributed by atoms with Crippen LogP contribution in [0.25, 0.3) is 0 Å². The van der Waals surface area contributed by atoms with E-state index in [1.165, 1.54) is 12.2 Å². The first-order chi connectivity index (χ1) is 6.22. The Hall–Kier alpha value is -1.35. The molecule has 0 saturated carbocycles. The highest BCUT2D eigenvalue weighted by Crippen LogP contribution is 2.29. The Morgan fingerprint density at radius 1 is 1.46 bits per heavy atom. The predicted molar refractivity (Wildman–Crippen MR) is 49.4 cm³/mol. The molecule has 1 aliphatic heterocycles. The summed E-state index contributed by atoms with van der Waals surface area (Å²) in [6, 6.07) is 5.94. The van der Waals surface area contributed by atoms with Crippen molar-refractivity contribution in [3.8, 4) is 0 Å². The first kappa shape index (κ1) is 8.26. The zero-order valence-corrected chi connectivity index (χ0v) is 7.70. The molecule has 0 radical (unpaired) electrons. The second-order valence-corrected chi connectivity index (χ2v) is 3.18. The number of rotatable bonds is 1. The maximum Gasteiger partial charge on any atom is 0.255 e. The molecule has 1 heterocycles. The van der Waals surface area contributed by atoms with Crippen molar-refractivity contribution >= 4 is 11.6 Å². The van der Waals surface area contributed by atoms with Crippen molar-refractivity contribution in [2.75, 3.05) is 12.2 Å². The number of anilines is 1. The number of fused-ring (bicyclic) bond motifs is 1. The molecule has 0 aliphatic carbocycles. The summed E-state index contributed by atoms with van der Waals surface area (Å²) in [6.07, 6.45) is 0.448. The third-order valence-electron chi connectivity index (χ3n) is 2.21. The fourth-order valence-corrected chi connectivity index (χ4v) is 1.58. The van der Waals surface area contributed by atoms with Crippen molar-refractivity contribution in [3.63, 3.8) is 0 Å². The van der Waals surface area contributed by atoms with Crippen molar-refractivity contribution in [3.05, 3.63) is 29.3 Å². The number of aryl methyl sites for hydroxylation is 1. The minimum Gasteiger partial charge on any atom is -0.272 e. The molecule has 0 N–H and O–H groups in total. The predicted octanol–water partition coefficient (Wildman–Crippen LogP) is 1.45. The summed E-state index contributed by atoms with van der Waals surface area (Å²) < 4.78 is 0. The van der Waals surface area contributed by atoms with Gasteiger partial charge in [-0.3, -0.25) is 9.63 Å². The highest BCUT2D eigenvalue weighted by Gasteiger charge is 2.27. The van der Waals surface area contributed by atoms with Crippen LogP contribution in [0.15, 0.2) is 18.2 Å². The number of hydroxylamine groups is 1. The fraction of sp³-hybridized carbons (Fsp3) is 0.300. The van der Waals surface area contributed by atoms with Crippen molar-refractivity contribution in [2.45, 2.75) is 13.3 Å². The molecule has 13 heavy (non-hydrogen) atoms. The smallest absolute Gasteiger partial charge is 0.255 e. The minimum absolute atomic E-state index is 0.00287. The summed E-state index contributed by atoms with van der Waals surface area (Å²) >= 11 is 0. The van der Waals surface area contributed by atoms with Crippen LogP contribution in [0.4, 0.5) is 5.69 Å². The molecular formula is C10H11NO2. The average molecular weight is 177 g/mol. The van der Waals surface area contributed by atoms with E-state index >= 15 is 0 Å². The maximum absolute atomic E-state index is 11.4. The summed E-state index contributed by atoms with van der Waals surface area (Å²) in [6.45, 7) is 2.00. The van der Waals surface area contributed by atoms with Crippen molar-refractivity contribution in [1.82, 2.24) is 0 Å². The summed E-state index contributed by atoms with van der Waals surface area (Å²) in [7, 11) is 1.51. The zero-order valence-electron chi connectivity index (χ0n) is 7.70. The number of carbonyl (C=O) groups excluding carboxylic acids is 1. The summed E-state index contributed by atoms with van der Waals surface area (Å²) in [4.78, 5) is 16.4. The number of carbonyl (C=O) groups is 1. The number of nitrogens with zero attached hydrogens (tertiary/aromatic N) is 1. The number of hydrogen-bond donors (Lipinski definition) is 0. The maximum atomic E-state index is 11.4. The van der Waals surface area contributed by atoms with E-state index in [1.807, 2.05) is 25.1 Å². The lowest BCUT2D eigenvalue weighted by molar-refractivity contribution is -0.123. The molecule has 1 aliphatic rings. The number of amides is 1. The Balaban J connectivity index is 2.50. The first-order valence-corrected chi connectivity index (χ1v) is 4.19. The van der Waals surface area contributed by atoms with Gasteiger partial charge in [0, 0.05) is 0 Å². The van der Waals surface area contributed by atoms with Crippen molar-refractivity contribution < 1.29 is 9.63 Å². The van der Waals surface area contributed by atoms with Crippen LogP contribution >= 0.6 is 0 Å². The summed E-state index contributed by atoms with van der Waals surface area (Å²) in [5.41, 5.74) is 3.06. The monoisotopic (exact) mass is 177 g/mol. The molecule has 3 heteroatoms. The Morgan fingerprint density at radius 2 is 2.23 bits per heavy atom. The van der Waals surface area contributed by atoms with Crippen LogP contribution in [0.3, 0.4) is 0 Å². The van der Waals surface area contributed by atoms with Gasteiger partial charge in [0.05, 0.1) is 19.2 Å². The molecule has 0 bridgehead atoms. The molecular weight excluding hydrogens is 166 g/mol. The van der Waals surface area contributed by atoms with Crippen molar-refractivity contribution in [2.24, 2.45) is 0 Å². The lowest BCUT2D eigenvalue weighted by Crippen LogP contribution is -2.24. The van der Waals surface area contributed by atoms with E-state index in [1.54, 1.807) is 0 Å². The normalized spacial score (nSPS) is 14.9. The molecule has 0 saturated heterocycles. The van der Waals surface area contributed by atoms with Crippen LogP contribution < -0.4 is 5.06 Å². The van der Waals surface area contributed by atoms with E-state index in [0.717, 1.165) is 16.8 Å². The minimum atomic E-state index is 0.00287. The van der Waals surface area contributed by atoms with Gasteiger partial charge < -0.3 is 0 Å². The van der Waals surface area contributed by atoms with Crippen LogP contribution in [-0.4, -0.2) is 13.0 Å². The largest absolute Gasteiger partial charge is 0.272 e. The van der Waals surface area contributed by atoms with Crippen LogP contribution in [-0.2, 0) is 16.1 Å². The van der Waals surface area contributed by atoms with Crippen LogP contribution in [0, 0.1) is 6.92 Å². The Kier molecular flexibility index (Phi) is 1.81. The SMILES string of the molecule is CON1C(=O)Cc2ccc(C)cc21. The molecule has 3 nitrogen and oxygen atoms in total. The van der Waals surface area contributed by atoms with Gasteiger partial charge >= 0.3 is 0 Å².